The van der Waals surface area contributed by atoms with Gasteiger partial charge in [-0.2, -0.15) is 0 Å². The Morgan fingerprint density at radius 2 is 2.12 bits per heavy atom. The van der Waals surface area contributed by atoms with Gasteiger partial charge in [0.25, 0.3) is 0 Å². The first-order chi connectivity index (χ1) is 8.20. The van der Waals surface area contributed by atoms with E-state index in [1.807, 2.05) is 13.0 Å². The van der Waals surface area contributed by atoms with Gasteiger partial charge in [-0.3, -0.25) is 0 Å². The van der Waals surface area contributed by atoms with E-state index in [9.17, 15) is 4.79 Å². The summed E-state index contributed by atoms with van der Waals surface area (Å²) in [6.45, 7) is 8.98. The van der Waals surface area contributed by atoms with E-state index in [0.717, 1.165) is 31.5 Å². The van der Waals surface area contributed by atoms with Crippen molar-refractivity contribution < 1.29 is 9.53 Å². The Labute approximate surface area is 105 Å². The zero-order valence-electron chi connectivity index (χ0n) is 11.1. The molecule has 0 bridgehead atoms. The van der Waals surface area contributed by atoms with E-state index in [-0.39, 0.29) is 5.97 Å². The number of hydrogen-bond acceptors (Lipinski definition) is 3. The van der Waals surface area contributed by atoms with Crippen LogP contribution in [-0.4, -0.2) is 19.1 Å². The van der Waals surface area contributed by atoms with Crippen LogP contribution in [0, 0.1) is 0 Å². The number of carbonyl (C=O) groups is 1. The highest BCUT2D eigenvalue weighted by molar-refractivity contribution is 5.82. The van der Waals surface area contributed by atoms with Crippen LogP contribution in [0.25, 0.3) is 0 Å². The molecule has 0 aromatic rings. The van der Waals surface area contributed by atoms with Crippen molar-refractivity contribution in [3.05, 3.63) is 24.4 Å². The van der Waals surface area contributed by atoms with Crippen molar-refractivity contribution in [1.82, 2.24) is 5.32 Å². The standard InChI is InChI=1S/C14H25NO2/c1-4-6-8-9-11-17-14(16)12-13(3)15-10-7-5-2/h5,12,15H,2,4,6-11H2,1,3H3/b13-12-. The van der Waals surface area contributed by atoms with Crippen molar-refractivity contribution in [2.24, 2.45) is 0 Å². The highest BCUT2D eigenvalue weighted by Crippen LogP contribution is 1.99. The zero-order chi connectivity index (χ0) is 12.9. The molecule has 0 unspecified atom stereocenters. The Morgan fingerprint density at radius 1 is 1.35 bits per heavy atom. The summed E-state index contributed by atoms with van der Waals surface area (Å²) in [4.78, 5) is 11.4. The van der Waals surface area contributed by atoms with Crippen molar-refractivity contribution in [3.8, 4) is 0 Å². The van der Waals surface area contributed by atoms with Crippen molar-refractivity contribution in [3.63, 3.8) is 0 Å². The van der Waals surface area contributed by atoms with Crippen LogP contribution in [0.3, 0.4) is 0 Å². The summed E-state index contributed by atoms with van der Waals surface area (Å²) in [5.74, 6) is -0.259. The minimum atomic E-state index is -0.259. The van der Waals surface area contributed by atoms with E-state index in [4.69, 9.17) is 4.74 Å². The molecule has 0 heterocycles. The normalized spacial score (nSPS) is 11.1. The molecule has 3 nitrogen and oxygen atoms in total. The lowest BCUT2D eigenvalue weighted by Crippen LogP contribution is -2.14. The van der Waals surface area contributed by atoms with Gasteiger partial charge in [-0.05, 0) is 19.8 Å². The van der Waals surface area contributed by atoms with E-state index >= 15 is 0 Å². The van der Waals surface area contributed by atoms with Gasteiger partial charge in [0.2, 0.25) is 0 Å². The summed E-state index contributed by atoms with van der Waals surface area (Å²) in [6, 6.07) is 0. The van der Waals surface area contributed by atoms with E-state index in [2.05, 4.69) is 18.8 Å². The van der Waals surface area contributed by atoms with Crippen molar-refractivity contribution in [2.75, 3.05) is 13.2 Å². The topological polar surface area (TPSA) is 38.3 Å². The second kappa shape index (κ2) is 11.2. The van der Waals surface area contributed by atoms with Gasteiger partial charge in [0.1, 0.15) is 0 Å². The maximum Gasteiger partial charge on any atom is 0.332 e. The molecule has 3 heteroatoms. The Bertz CT molecular complexity index is 247. The summed E-state index contributed by atoms with van der Waals surface area (Å²) in [5, 5.41) is 3.11. The second-order valence-electron chi connectivity index (χ2n) is 4.06. The molecule has 0 spiro atoms. The van der Waals surface area contributed by atoms with Gasteiger partial charge in [-0.1, -0.05) is 32.3 Å². The number of allylic oxidation sites excluding steroid dienone is 1. The summed E-state index contributed by atoms with van der Waals surface area (Å²) in [5.41, 5.74) is 0.838. The molecule has 0 radical (unpaired) electrons. The third-order valence-electron chi connectivity index (χ3n) is 2.33. The van der Waals surface area contributed by atoms with Crippen LogP contribution in [0.1, 0.15) is 46.0 Å². The predicted molar refractivity (Wildman–Crippen MR) is 71.7 cm³/mol. The van der Waals surface area contributed by atoms with Crippen molar-refractivity contribution >= 4 is 5.97 Å². The summed E-state index contributed by atoms with van der Waals surface area (Å²) in [7, 11) is 0. The molecule has 0 aliphatic carbocycles. The molecule has 0 aromatic heterocycles. The van der Waals surface area contributed by atoms with Gasteiger partial charge >= 0.3 is 5.97 Å². The van der Waals surface area contributed by atoms with E-state index < -0.39 is 0 Å². The molecule has 0 atom stereocenters. The molecule has 0 aliphatic heterocycles. The number of ether oxygens (including phenoxy) is 1. The third kappa shape index (κ3) is 11.0. The lowest BCUT2D eigenvalue weighted by molar-refractivity contribution is -0.137. The molecule has 98 valence electrons. The van der Waals surface area contributed by atoms with Crippen LogP contribution in [0.2, 0.25) is 0 Å². The maximum atomic E-state index is 11.4. The summed E-state index contributed by atoms with van der Waals surface area (Å²) < 4.78 is 5.09. The zero-order valence-corrected chi connectivity index (χ0v) is 11.1. The van der Waals surface area contributed by atoms with Gasteiger partial charge in [0.05, 0.1) is 6.61 Å². The van der Waals surface area contributed by atoms with Gasteiger partial charge in [0, 0.05) is 18.3 Å². The fourth-order valence-corrected chi connectivity index (χ4v) is 1.34. The highest BCUT2D eigenvalue weighted by atomic mass is 16.5. The van der Waals surface area contributed by atoms with Crippen LogP contribution in [-0.2, 0) is 9.53 Å². The first-order valence-electron chi connectivity index (χ1n) is 6.40. The fraction of sp³-hybridized carbons (Fsp3) is 0.643. The number of unbranched alkanes of at least 4 members (excludes halogenated alkanes) is 3. The number of carbonyl (C=O) groups excluding carboxylic acids is 1. The summed E-state index contributed by atoms with van der Waals surface area (Å²) >= 11 is 0. The predicted octanol–water partition coefficient (Wildman–Crippen LogP) is 3.18. The molecule has 0 rings (SSSR count). The molecule has 0 aliphatic rings. The molecule has 0 aromatic carbocycles. The minimum Gasteiger partial charge on any atom is -0.462 e. The highest BCUT2D eigenvalue weighted by Gasteiger charge is 1.98. The number of hydrogen-bond donors (Lipinski definition) is 1. The third-order valence-corrected chi connectivity index (χ3v) is 2.33. The Balaban J connectivity index is 3.60. The molecule has 0 amide bonds. The molecule has 0 fully saturated rings. The fourth-order valence-electron chi connectivity index (χ4n) is 1.34. The maximum absolute atomic E-state index is 11.4. The second-order valence-corrected chi connectivity index (χ2v) is 4.06. The van der Waals surface area contributed by atoms with Gasteiger partial charge in [0.15, 0.2) is 0 Å². The number of rotatable bonds is 10. The Kier molecular flexibility index (Phi) is 10.4. The average Bonchev–Trinajstić information content (AvgIpc) is 2.29. The van der Waals surface area contributed by atoms with E-state index in [1.54, 1.807) is 0 Å². The van der Waals surface area contributed by atoms with E-state index in [0.29, 0.717) is 6.61 Å². The quantitative estimate of drug-likeness (QED) is 0.275. The first-order valence-corrected chi connectivity index (χ1v) is 6.40. The van der Waals surface area contributed by atoms with Crippen LogP contribution in [0.5, 0.6) is 0 Å². The molecule has 17 heavy (non-hydrogen) atoms. The van der Waals surface area contributed by atoms with Crippen LogP contribution >= 0.6 is 0 Å². The molecule has 1 N–H and O–H groups in total. The summed E-state index contributed by atoms with van der Waals surface area (Å²) in [6.07, 6.45) is 8.71. The SMILES string of the molecule is C=CCCN/C(C)=C\C(=O)OCCCCCC. The van der Waals surface area contributed by atoms with Gasteiger partial charge in [-0.15, -0.1) is 6.58 Å². The minimum absolute atomic E-state index is 0.259. The largest absolute Gasteiger partial charge is 0.462 e. The van der Waals surface area contributed by atoms with Gasteiger partial charge in [-0.25, -0.2) is 4.79 Å². The lowest BCUT2D eigenvalue weighted by atomic mass is 10.2. The first kappa shape index (κ1) is 15.8. The number of nitrogens with one attached hydrogen (secondary N) is 1. The van der Waals surface area contributed by atoms with Crippen LogP contribution in [0.15, 0.2) is 24.4 Å². The molecule has 0 saturated carbocycles. The molecular weight excluding hydrogens is 214 g/mol. The monoisotopic (exact) mass is 239 g/mol. The van der Waals surface area contributed by atoms with Crippen LogP contribution < -0.4 is 5.32 Å². The lowest BCUT2D eigenvalue weighted by Gasteiger charge is -2.05. The Morgan fingerprint density at radius 3 is 2.76 bits per heavy atom. The van der Waals surface area contributed by atoms with Crippen molar-refractivity contribution in [2.45, 2.75) is 46.0 Å². The smallest absolute Gasteiger partial charge is 0.332 e. The average molecular weight is 239 g/mol. The van der Waals surface area contributed by atoms with Crippen molar-refractivity contribution in [1.29, 1.82) is 0 Å². The molecular formula is C14H25NO2. The Hall–Kier alpha value is -1.25. The van der Waals surface area contributed by atoms with E-state index in [1.165, 1.54) is 18.9 Å². The number of esters is 1. The van der Waals surface area contributed by atoms with Gasteiger partial charge < -0.3 is 10.1 Å². The van der Waals surface area contributed by atoms with Crippen LogP contribution in [0.4, 0.5) is 0 Å². The molecule has 0 saturated heterocycles.